The molecule has 0 fully saturated rings. The molecule has 6 heteroatoms. The van der Waals surface area contributed by atoms with Gasteiger partial charge in [-0.2, -0.15) is 0 Å². The molecule has 0 aromatic rings. The van der Waals surface area contributed by atoms with E-state index in [9.17, 15) is 19.8 Å². The van der Waals surface area contributed by atoms with Crippen LogP contribution in [-0.4, -0.2) is 47.4 Å². The number of nitrogens with one attached hydrogen (secondary N) is 1. The molecule has 6 nitrogen and oxygen atoms in total. The van der Waals surface area contributed by atoms with Crippen LogP contribution in [0.15, 0.2) is 24.3 Å². The van der Waals surface area contributed by atoms with E-state index in [1.165, 1.54) is 321 Å². The molecule has 0 saturated carbocycles. The zero-order chi connectivity index (χ0) is 55.7. The standard InChI is InChI=1S/C71H137NO5/c1-3-5-7-9-11-13-15-17-18-19-20-21-22-24-27-30-33-36-40-43-47-51-55-59-63-69(74)68(67-73)72-70(75)64-60-56-52-48-44-41-37-34-31-28-25-23-26-29-32-35-38-42-46-50-54-58-62-66-77-71(76)65-61-57-53-49-45-39-16-14-12-10-8-6-4-2/h14,16,59,63,68-69,73-74H,3-13,15,17-58,60-62,64-67H2,1-2H3,(H,72,75)/b16-14-,63-59+. The third-order valence-electron chi connectivity index (χ3n) is 16.5. The Hall–Kier alpha value is -1.66. The Morgan fingerprint density at radius 2 is 0.610 bits per heavy atom. The van der Waals surface area contributed by atoms with Crippen LogP contribution in [0.3, 0.4) is 0 Å². The molecule has 77 heavy (non-hydrogen) atoms. The average Bonchev–Trinajstić information content (AvgIpc) is 3.43. The van der Waals surface area contributed by atoms with Crippen LogP contribution in [0.5, 0.6) is 0 Å². The van der Waals surface area contributed by atoms with Crippen LogP contribution in [0, 0.1) is 0 Å². The third kappa shape index (κ3) is 63.4. The summed E-state index contributed by atoms with van der Waals surface area (Å²) in [5.74, 6) is -0.0576. The number of aliphatic hydroxyl groups excluding tert-OH is 2. The van der Waals surface area contributed by atoms with Gasteiger partial charge in [0.2, 0.25) is 5.91 Å². The van der Waals surface area contributed by atoms with Gasteiger partial charge < -0.3 is 20.3 Å². The Labute approximate surface area is 481 Å². The van der Waals surface area contributed by atoms with Crippen molar-refractivity contribution in [1.82, 2.24) is 5.32 Å². The quantitative estimate of drug-likeness (QED) is 0.0320. The first-order valence-corrected chi connectivity index (χ1v) is 35.1. The molecule has 3 N–H and O–H groups in total. The van der Waals surface area contributed by atoms with E-state index in [0.717, 1.165) is 44.9 Å². The summed E-state index contributed by atoms with van der Waals surface area (Å²) < 4.78 is 5.48. The first kappa shape index (κ1) is 75.3. The van der Waals surface area contributed by atoms with Gasteiger partial charge >= 0.3 is 5.97 Å². The highest BCUT2D eigenvalue weighted by molar-refractivity contribution is 5.76. The fourth-order valence-electron chi connectivity index (χ4n) is 11.1. The van der Waals surface area contributed by atoms with Crippen molar-refractivity contribution in [2.45, 2.75) is 405 Å². The van der Waals surface area contributed by atoms with E-state index in [-0.39, 0.29) is 18.5 Å². The van der Waals surface area contributed by atoms with Gasteiger partial charge in [0.1, 0.15) is 0 Å². The molecule has 456 valence electrons. The fraction of sp³-hybridized carbons (Fsp3) is 0.915. The molecule has 0 aromatic carbocycles. The molecule has 0 aliphatic heterocycles. The van der Waals surface area contributed by atoms with Gasteiger partial charge in [0.15, 0.2) is 0 Å². The number of amides is 1. The Kier molecular flexibility index (Phi) is 65.4. The summed E-state index contributed by atoms with van der Waals surface area (Å²) in [6.07, 6.45) is 83.9. The van der Waals surface area contributed by atoms with Gasteiger partial charge in [0.25, 0.3) is 0 Å². The first-order valence-electron chi connectivity index (χ1n) is 35.1. The molecule has 0 heterocycles. The van der Waals surface area contributed by atoms with Gasteiger partial charge in [-0.25, -0.2) is 0 Å². The number of ether oxygens (including phenoxy) is 1. The highest BCUT2D eigenvalue weighted by Gasteiger charge is 2.18. The maximum absolute atomic E-state index is 12.5. The maximum atomic E-state index is 12.5. The lowest BCUT2D eigenvalue weighted by atomic mass is 10.0. The van der Waals surface area contributed by atoms with Crippen molar-refractivity contribution in [2.24, 2.45) is 0 Å². The molecule has 0 saturated heterocycles. The molecule has 0 spiro atoms. The van der Waals surface area contributed by atoms with Crippen molar-refractivity contribution in [3.8, 4) is 0 Å². The molecule has 0 bridgehead atoms. The van der Waals surface area contributed by atoms with E-state index in [1.54, 1.807) is 6.08 Å². The van der Waals surface area contributed by atoms with Gasteiger partial charge in [0, 0.05) is 12.8 Å². The van der Waals surface area contributed by atoms with Crippen LogP contribution in [0.4, 0.5) is 0 Å². The largest absolute Gasteiger partial charge is 0.466 e. The highest BCUT2D eigenvalue weighted by atomic mass is 16.5. The topological polar surface area (TPSA) is 95.9 Å². The zero-order valence-electron chi connectivity index (χ0n) is 52.2. The van der Waals surface area contributed by atoms with Gasteiger partial charge in [-0.3, -0.25) is 9.59 Å². The van der Waals surface area contributed by atoms with E-state index in [2.05, 4.69) is 31.3 Å². The highest BCUT2D eigenvalue weighted by Crippen LogP contribution is 2.19. The van der Waals surface area contributed by atoms with Crippen LogP contribution in [0.2, 0.25) is 0 Å². The Morgan fingerprint density at radius 1 is 0.351 bits per heavy atom. The van der Waals surface area contributed by atoms with Crippen molar-refractivity contribution in [3.63, 3.8) is 0 Å². The zero-order valence-corrected chi connectivity index (χ0v) is 52.2. The second kappa shape index (κ2) is 66.8. The molecule has 0 aromatic heterocycles. The van der Waals surface area contributed by atoms with E-state index in [4.69, 9.17) is 4.74 Å². The summed E-state index contributed by atoms with van der Waals surface area (Å²) in [5.41, 5.74) is 0. The SMILES string of the molecule is CCCCCC/C=C\CCCCCCCC(=O)OCCCCCCCCCCCCCCCCCCCCCCCCCC(=O)NC(CO)C(O)/C=C/CCCCCCCCCCCCCCCCCCCCCCCC. The number of rotatable bonds is 66. The van der Waals surface area contributed by atoms with Crippen molar-refractivity contribution < 1.29 is 24.5 Å². The summed E-state index contributed by atoms with van der Waals surface area (Å²) in [7, 11) is 0. The summed E-state index contributed by atoms with van der Waals surface area (Å²) in [4.78, 5) is 24.6. The minimum atomic E-state index is -0.845. The van der Waals surface area contributed by atoms with Crippen molar-refractivity contribution >= 4 is 11.9 Å². The van der Waals surface area contributed by atoms with Crippen LogP contribution in [-0.2, 0) is 14.3 Å². The van der Waals surface area contributed by atoms with Gasteiger partial charge in [-0.1, -0.05) is 346 Å². The molecule has 0 aliphatic carbocycles. The average molecular weight is 1080 g/mol. The summed E-state index contributed by atoms with van der Waals surface area (Å²) in [6.45, 7) is 4.92. The second-order valence-electron chi connectivity index (χ2n) is 24.2. The lowest BCUT2D eigenvalue weighted by Crippen LogP contribution is -2.45. The molecule has 2 unspecified atom stereocenters. The predicted molar refractivity (Wildman–Crippen MR) is 338 cm³/mol. The second-order valence-corrected chi connectivity index (χ2v) is 24.2. The van der Waals surface area contributed by atoms with Crippen LogP contribution in [0.25, 0.3) is 0 Å². The molecule has 2 atom stereocenters. The smallest absolute Gasteiger partial charge is 0.305 e. The van der Waals surface area contributed by atoms with Crippen molar-refractivity contribution in [1.29, 1.82) is 0 Å². The Balaban J connectivity index is 3.41. The molecular formula is C71H137NO5. The number of carbonyl (C=O) groups is 2. The van der Waals surface area contributed by atoms with Crippen LogP contribution < -0.4 is 5.32 Å². The predicted octanol–water partition coefficient (Wildman–Crippen LogP) is 22.5. The van der Waals surface area contributed by atoms with E-state index >= 15 is 0 Å². The monoisotopic (exact) mass is 1080 g/mol. The molecule has 0 rings (SSSR count). The number of unbranched alkanes of at least 4 members (excludes halogenated alkanes) is 53. The summed E-state index contributed by atoms with van der Waals surface area (Å²) in [6, 6.07) is -0.629. The summed E-state index contributed by atoms with van der Waals surface area (Å²) in [5, 5.41) is 23.3. The number of hydrogen-bond donors (Lipinski definition) is 3. The number of allylic oxidation sites excluding steroid dienone is 3. The summed E-state index contributed by atoms with van der Waals surface area (Å²) >= 11 is 0. The van der Waals surface area contributed by atoms with Crippen LogP contribution >= 0.6 is 0 Å². The molecular weight excluding hydrogens is 947 g/mol. The third-order valence-corrected chi connectivity index (χ3v) is 16.5. The first-order chi connectivity index (χ1) is 38.0. The van der Waals surface area contributed by atoms with E-state index in [1.807, 2.05) is 6.08 Å². The normalized spacial score (nSPS) is 12.6. The Morgan fingerprint density at radius 3 is 0.935 bits per heavy atom. The van der Waals surface area contributed by atoms with Crippen LogP contribution in [0.1, 0.15) is 393 Å². The van der Waals surface area contributed by atoms with Crippen molar-refractivity contribution in [2.75, 3.05) is 13.2 Å². The number of carbonyl (C=O) groups excluding carboxylic acids is 2. The fourth-order valence-corrected chi connectivity index (χ4v) is 11.1. The number of aliphatic hydroxyl groups is 2. The minimum Gasteiger partial charge on any atom is -0.466 e. The lowest BCUT2D eigenvalue weighted by Gasteiger charge is -2.20. The number of hydrogen-bond acceptors (Lipinski definition) is 5. The molecule has 1 amide bonds. The van der Waals surface area contributed by atoms with Gasteiger partial charge in [-0.05, 0) is 57.8 Å². The number of esters is 1. The lowest BCUT2D eigenvalue weighted by molar-refractivity contribution is -0.143. The van der Waals surface area contributed by atoms with Gasteiger partial charge in [0.05, 0.1) is 25.4 Å². The Bertz CT molecular complexity index is 1200. The van der Waals surface area contributed by atoms with E-state index < -0.39 is 12.1 Å². The van der Waals surface area contributed by atoms with E-state index in [0.29, 0.717) is 19.4 Å². The maximum Gasteiger partial charge on any atom is 0.305 e. The van der Waals surface area contributed by atoms with Crippen molar-refractivity contribution in [3.05, 3.63) is 24.3 Å². The molecule has 0 aliphatic rings. The molecule has 0 radical (unpaired) electrons. The minimum absolute atomic E-state index is 0.00541. The van der Waals surface area contributed by atoms with Gasteiger partial charge in [-0.15, -0.1) is 0 Å².